The van der Waals surface area contributed by atoms with Gasteiger partial charge in [-0.1, -0.05) is 30.6 Å². The number of aryl methyl sites for hydroxylation is 1. The Morgan fingerprint density at radius 2 is 2.18 bits per heavy atom. The second kappa shape index (κ2) is 6.70. The van der Waals surface area contributed by atoms with Gasteiger partial charge in [0.15, 0.2) is 5.82 Å². The minimum atomic E-state index is -0.296. The van der Waals surface area contributed by atoms with Crippen LogP contribution in [-0.2, 0) is 11.2 Å². The number of benzene rings is 1. The van der Waals surface area contributed by atoms with Gasteiger partial charge in [0.2, 0.25) is 6.39 Å². The summed E-state index contributed by atoms with van der Waals surface area (Å²) < 4.78 is 10.2. The third-order valence-corrected chi connectivity index (χ3v) is 3.81. The summed E-state index contributed by atoms with van der Waals surface area (Å²) in [7, 11) is 0. The highest BCUT2D eigenvalue weighted by molar-refractivity contribution is 5.94. The summed E-state index contributed by atoms with van der Waals surface area (Å²) in [5, 5.41) is 3.84. The topological polar surface area (TPSA) is 68.5 Å². The molecule has 0 saturated carbocycles. The summed E-state index contributed by atoms with van der Waals surface area (Å²) in [5.41, 5.74) is 1.92. The van der Waals surface area contributed by atoms with Crippen molar-refractivity contribution in [1.82, 2.24) is 15.0 Å². The van der Waals surface area contributed by atoms with E-state index in [9.17, 15) is 4.79 Å². The lowest BCUT2D eigenvalue weighted by molar-refractivity contribution is -0.00576. The Balaban J connectivity index is 1.79. The number of aromatic nitrogens is 2. The maximum absolute atomic E-state index is 12.8. The average Bonchev–Trinajstić information content (AvgIpc) is 3.10. The van der Waals surface area contributed by atoms with Crippen molar-refractivity contribution in [2.75, 3.05) is 19.8 Å². The molecule has 2 heterocycles. The number of carbonyl (C=O) groups is 1. The van der Waals surface area contributed by atoms with Crippen molar-refractivity contribution in [2.24, 2.45) is 0 Å². The number of nitrogens with zero attached hydrogens (tertiary/aromatic N) is 3. The molecule has 3 rings (SSSR count). The van der Waals surface area contributed by atoms with Gasteiger partial charge >= 0.3 is 0 Å². The van der Waals surface area contributed by atoms with E-state index in [1.54, 1.807) is 4.90 Å². The Hall–Kier alpha value is -2.21. The highest BCUT2D eigenvalue weighted by Gasteiger charge is 2.32. The summed E-state index contributed by atoms with van der Waals surface area (Å²) in [4.78, 5) is 18.6. The van der Waals surface area contributed by atoms with Crippen LogP contribution in [0.1, 0.15) is 41.1 Å². The molecule has 1 fully saturated rings. The van der Waals surface area contributed by atoms with E-state index in [-0.39, 0.29) is 11.9 Å². The highest BCUT2D eigenvalue weighted by Crippen LogP contribution is 2.23. The van der Waals surface area contributed by atoms with Crippen LogP contribution < -0.4 is 0 Å². The maximum Gasteiger partial charge on any atom is 0.254 e. The predicted octanol–water partition coefficient (Wildman–Crippen LogP) is 2.24. The van der Waals surface area contributed by atoms with Crippen LogP contribution in [0.3, 0.4) is 0 Å². The fraction of sp³-hybridized carbons (Fsp3) is 0.438. The molecule has 1 amide bonds. The van der Waals surface area contributed by atoms with Crippen molar-refractivity contribution in [2.45, 2.75) is 25.8 Å². The van der Waals surface area contributed by atoms with Crippen LogP contribution >= 0.6 is 0 Å². The van der Waals surface area contributed by atoms with Gasteiger partial charge in [-0.25, -0.2) is 0 Å². The standard InChI is InChI=1S/C16H19N3O3/c1-2-3-12-4-6-13(7-5-12)16(20)19-8-9-21-10-14(19)15-17-11-22-18-15/h4-7,11,14H,2-3,8-10H2,1H3. The first-order valence-electron chi connectivity index (χ1n) is 7.53. The minimum Gasteiger partial charge on any atom is -0.377 e. The van der Waals surface area contributed by atoms with E-state index < -0.39 is 0 Å². The van der Waals surface area contributed by atoms with Crippen LogP contribution in [0.15, 0.2) is 35.2 Å². The molecule has 116 valence electrons. The summed E-state index contributed by atoms with van der Waals surface area (Å²) in [6, 6.07) is 7.50. The van der Waals surface area contributed by atoms with Gasteiger partial charge in [-0.05, 0) is 24.1 Å². The number of morpholine rings is 1. The average molecular weight is 301 g/mol. The summed E-state index contributed by atoms with van der Waals surface area (Å²) in [6.07, 6.45) is 3.39. The van der Waals surface area contributed by atoms with Crippen LogP contribution in [0.5, 0.6) is 0 Å². The zero-order valence-corrected chi connectivity index (χ0v) is 12.6. The molecule has 6 nitrogen and oxygen atoms in total. The Labute approximate surface area is 129 Å². The molecule has 0 aliphatic carbocycles. The quantitative estimate of drug-likeness (QED) is 0.866. The fourth-order valence-corrected chi connectivity index (χ4v) is 2.65. The predicted molar refractivity (Wildman–Crippen MR) is 79.3 cm³/mol. The zero-order valence-electron chi connectivity index (χ0n) is 12.6. The molecule has 2 aromatic rings. The summed E-state index contributed by atoms with van der Waals surface area (Å²) in [6.45, 7) is 3.57. The molecule has 1 aromatic carbocycles. The van der Waals surface area contributed by atoms with Gasteiger partial charge in [0, 0.05) is 12.1 Å². The second-order valence-corrected chi connectivity index (χ2v) is 5.33. The van der Waals surface area contributed by atoms with E-state index in [0.29, 0.717) is 31.1 Å². The highest BCUT2D eigenvalue weighted by atomic mass is 16.5. The first kappa shape index (κ1) is 14.7. The number of rotatable bonds is 4. The molecular formula is C16H19N3O3. The third-order valence-electron chi connectivity index (χ3n) is 3.81. The molecule has 0 spiro atoms. The fourth-order valence-electron chi connectivity index (χ4n) is 2.65. The van der Waals surface area contributed by atoms with E-state index in [1.807, 2.05) is 24.3 Å². The molecule has 1 aromatic heterocycles. The SMILES string of the molecule is CCCc1ccc(C(=O)N2CCOCC2c2ncon2)cc1. The normalized spacial score (nSPS) is 18.4. The van der Waals surface area contributed by atoms with Crippen molar-refractivity contribution in [3.8, 4) is 0 Å². The van der Waals surface area contributed by atoms with Crippen molar-refractivity contribution in [1.29, 1.82) is 0 Å². The molecule has 22 heavy (non-hydrogen) atoms. The maximum atomic E-state index is 12.8. The molecule has 1 unspecified atom stereocenters. The Bertz CT molecular complexity index is 610. The van der Waals surface area contributed by atoms with Crippen LogP contribution in [0.2, 0.25) is 0 Å². The number of carbonyl (C=O) groups excluding carboxylic acids is 1. The third kappa shape index (κ3) is 3.01. The van der Waals surface area contributed by atoms with Crippen molar-refractivity contribution < 1.29 is 14.1 Å². The number of hydrogen-bond acceptors (Lipinski definition) is 5. The Morgan fingerprint density at radius 3 is 2.86 bits per heavy atom. The van der Waals surface area contributed by atoms with Crippen molar-refractivity contribution in [3.05, 3.63) is 47.6 Å². The Kier molecular flexibility index (Phi) is 4.48. The molecule has 1 aliphatic heterocycles. The van der Waals surface area contributed by atoms with E-state index in [1.165, 1.54) is 12.0 Å². The van der Waals surface area contributed by atoms with Crippen LogP contribution in [0.4, 0.5) is 0 Å². The van der Waals surface area contributed by atoms with Gasteiger partial charge in [0.25, 0.3) is 5.91 Å². The summed E-state index contributed by atoms with van der Waals surface area (Å²) >= 11 is 0. The molecular weight excluding hydrogens is 282 g/mol. The van der Waals surface area contributed by atoms with Gasteiger partial charge < -0.3 is 14.2 Å². The van der Waals surface area contributed by atoms with E-state index >= 15 is 0 Å². The van der Waals surface area contributed by atoms with E-state index in [2.05, 4.69) is 17.1 Å². The van der Waals surface area contributed by atoms with Gasteiger partial charge in [-0.15, -0.1) is 0 Å². The first-order valence-corrected chi connectivity index (χ1v) is 7.53. The van der Waals surface area contributed by atoms with Crippen molar-refractivity contribution in [3.63, 3.8) is 0 Å². The second-order valence-electron chi connectivity index (χ2n) is 5.33. The number of amides is 1. The van der Waals surface area contributed by atoms with Crippen molar-refractivity contribution >= 4 is 5.91 Å². The number of hydrogen-bond donors (Lipinski definition) is 0. The molecule has 1 saturated heterocycles. The molecule has 0 bridgehead atoms. The lowest BCUT2D eigenvalue weighted by Gasteiger charge is -2.33. The van der Waals surface area contributed by atoms with Crippen LogP contribution in [0, 0.1) is 0 Å². The van der Waals surface area contributed by atoms with Gasteiger partial charge in [-0.3, -0.25) is 4.79 Å². The molecule has 0 N–H and O–H groups in total. The van der Waals surface area contributed by atoms with Crippen LogP contribution in [0.25, 0.3) is 0 Å². The smallest absolute Gasteiger partial charge is 0.254 e. The largest absolute Gasteiger partial charge is 0.377 e. The first-order chi connectivity index (χ1) is 10.8. The molecule has 1 atom stereocenters. The summed E-state index contributed by atoms with van der Waals surface area (Å²) in [5.74, 6) is 0.455. The lowest BCUT2D eigenvalue weighted by atomic mass is 10.1. The van der Waals surface area contributed by atoms with E-state index in [4.69, 9.17) is 9.26 Å². The van der Waals surface area contributed by atoms with Gasteiger partial charge in [0.05, 0.1) is 13.2 Å². The van der Waals surface area contributed by atoms with E-state index in [0.717, 1.165) is 12.8 Å². The zero-order chi connectivity index (χ0) is 15.4. The molecule has 1 aliphatic rings. The Morgan fingerprint density at radius 1 is 1.36 bits per heavy atom. The number of ether oxygens (including phenoxy) is 1. The molecule has 0 radical (unpaired) electrons. The van der Waals surface area contributed by atoms with Gasteiger partial charge in [0.1, 0.15) is 6.04 Å². The minimum absolute atomic E-state index is 0.0267. The lowest BCUT2D eigenvalue weighted by Crippen LogP contribution is -2.43. The van der Waals surface area contributed by atoms with Gasteiger partial charge in [-0.2, -0.15) is 4.98 Å². The monoisotopic (exact) mass is 301 g/mol. The van der Waals surface area contributed by atoms with Crippen LogP contribution in [-0.4, -0.2) is 40.7 Å². The molecule has 6 heteroatoms.